The smallest absolute Gasteiger partial charge is 0.334 e. The van der Waals surface area contributed by atoms with Crippen molar-refractivity contribution in [1.29, 1.82) is 0 Å². The second-order valence-electron chi connectivity index (χ2n) is 5.63. The number of cyclic esters (lactones) is 1. The molecular formula is C19H19NO4. The summed E-state index contributed by atoms with van der Waals surface area (Å²) in [4.78, 5) is 11.8. The van der Waals surface area contributed by atoms with Crippen molar-refractivity contribution in [2.75, 3.05) is 12.4 Å². The third-order valence-corrected chi connectivity index (χ3v) is 4.00. The van der Waals surface area contributed by atoms with Gasteiger partial charge in [-0.2, -0.15) is 0 Å². The number of benzene rings is 2. The molecule has 0 aromatic heterocycles. The number of ether oxygens (including phenoxy) is 2. The Bertz CT molecular complexity index is 767. The largest absolute Gasteiger partial charge is 0.506 e. The van der Waals surface area contributed by atoms with Crippen molar-refractivity contribution < 1.29 is 19.4 Å². The Hall–Kier alpha value is -2.95. The van der Waals surface area contributed by atoms with Gasteiger partial charge in [0.1, 0.15) is 17.6 Å². The Kier molecular flexibility index (Phi) is 4.42. The van der Waals surface area contributed by atoms with Crippen LogP contribution in [0, 0.1) is 0 Å². The number of nitrogens with one attached hydrogen (secondary N) is 1. The van der Waals surface area contributed by atoms with Crippen molar-refractivity contribution >= 4 is 11.7 Å². The van der Waals surface area contributed by atoms with Gasteiger partial charge in [0.05, 0.1) is 18.8 Å². The molecule has 5 nitrogen and oxygen atoms in total. The first kappa shape index (κ1) is 15.9. The molecule has 0 fully saturated rings. The quantitative estimate of drug-likeness (QED) is 0.651. The summed E-state index contributed by atoms with van der Waals surface area (Å²) >= 11 is 0. The van der Waals surface area contributed by atoms with Crippen LogP contribution in [0.2, 0.25) is 0 Å². The van der Waals surface area contributed by atoms with Crippen molar-refractivity contribution in [3.05, 3.63) is 65.7 Å². The molecular weight excluding hydrogens is 306 g/mol. The van der Waals surface area contributed by atoms with E-state index in [1.807, 2.05) is 30.3 Å². The first-order chi connectivity index (χ1) is 11.6. The van der Waals surface area contributed by atoms with Crippen LogP contribution in [0.3, 0.4) is 0 Å². The molecule has 2 aromatic rings. The van der Waals surface area contributed by atoms with Gasteiger partial charge in [-0.1, -0.05) is 24.3 Å². The van der Waals surface area contributed by atoms with Crippen LogP contribution in [0.1, 0.15) is 18.5 Å². The zero-order valence-corrected chi connectivity index (χ0v) is 13.5. The third kappa shape index (κ3) is 3.20. The Labute approximate surface area is 140 Å². The van der Waals surface area contributed by atoms with E-state index >= 15 is 0 Å². The highest BCUT2D eigenvalue weighted by atomic mass is 16.5. The average Bonchev–Trinajstić information content (AvgIpc) is 2.93. The number of para-hydroxylation sites is 2. The zero-order chi connectivity index (χ0) is 17.1. The predicted molar refractivity (Wildman–Crippen MR) is 91.1 cm³/mol. The Balaban J connectivity index is 1.94. The summed E-state index contributed by atoms with van der Waals surface area (Å²) in [6.45, 7) is 1.73. The number of anilines is 1. The van der Waals surface area contributed by atoms with Crippen molar-refractivity contribution in [3.8, 4) is 11.5 Å². The lowest BCUT2D eigenvalue weighted by atomic mass is 10.00. The third-order valence-electron chi connectivity index (χ3n) is 4.00. The van der Waals surface area contributed by atoms with E-state index < -0.39 is 6.10 Å². The maximum Gasteiger partial charge on any atom is 0.334 e. The predicted octanol–water partition coefficient (Wildman–Crippen LogP) is 3.43. The number of esters is 1. The summed E-state index contributed by atoms with van der Waals surface area (Å²) in [5.74, 6) is 0.564. The first-order valence-corrected chi connectivity index (χ1v) is 7.66. The summed E-state index contributed by atoms with van der Waals surface area (Å²) in [7, 11) is 1.61. The van der Waals surface area contributed by atoms with Crippen LogP contribution in [-0.4, -0.2) is 24.3 Å². The zero-order valence-electron chi connectivity index (χ0n) is 13.5. The Morgan fingerprint density at radius 2 is 1.88 bits per heavy atom. The van der Waals surface area contributed by atoms with Gasteiger partial charge in [0.25, 0.3) is 0 Å². The summed E-state index contributed by atoms with van der Waals surface area (Å²) in [5, 5.41) is 13.3. The van der Waals surface area contributed by atoms with E-state index in [0.717, 1.165) is 11.3 Å². The minimum absolute atomic E-state index is 0.140. The van der Waals surface area contributed by atoms with E-state index in [2.05, 4.69) is 5.32 Å². The monoisotopic (exact) mass is 325 g/mol. The van der Waals surface area contributed by atoms with Gasteiger partial charge in [-0.15, -0.1) is 0 Å². The number of rotatable bonds is 5. The molecule has 0 aliphatic carbocycles. The topological polar surface area (TPSA) is 67.8 Å². The minimum atomic E-state index is -0.453. The van der Waals surface area contributed by atoms with E-state index in [1.54, 1.807) is 38.3 Å². The molecule has 2 N–H and O–H groups in total. The van der Waals surface area contributed by atoms with Gasteiger partial charge < -0.3 is 19.9 Å². The number of methoxy groups -OCH3 is 1. The van der Waals surface area contributed by atoms with E-state index in [4.69, 9.17) is 9.47 Å². The Morgan fingerprint density at radius 1 is 1.17 bits per heavy atom. The summed E-state index contributed by atoms with van der Waals surface area (Å²) in [6.07, 6.45) is 1.34. The van der Waals surface area contributed by atoms with E-state index in [9.17, 15) is 9.90 Å². The molecule has 124 valence electrons. The van der Waals surface area contributed by atoms with Crippen LogP contribution in [0.15, 0.2) is 60.2 Å². The van der Waals surface area contributed by atoms with Crippen LogP contribution >= 0.6 is 0 Å². The lowest BCUT2D eigenvalue weighted by Gasteiger charge is -2.25. The molecule has 0 amide bonds. The first-order valence-electron chi connectivity index (χ1n) is 7.66. The maximum atomic E-state index is 11.8. The molecule has 1 heterocycles. The standard InChI is InChI=1S/C19H19NO4/c1-12-11-17(24-19(12)22)18(13-7-9-14(23-2)10-8-13)20-15-5-3-4-6-16(15)21/h3-11,17-18,20-21H,1-2H3/t17-,18+/m1/s1. The van der Waals surface area contributed by atoms with Gasteiger partial charge in [0, 0.05) is 5.57 Å². The molecule has 3 rings (SSSR count). The molecule has 0 spiro atoms. The van der Waals surface area contributed by atoms with Crippen LogP contribution < -0.4 is 10.1 Å². The van der Waals surface area contributed by atoms with Crippen LogP contribution in [-0.2, 0) is 9.53 Å². The van der Waals surface area contributed by atoms with Crippen molar-refractivity contribution in [3.63, 3.8) is 0 Å². The average molecular weight is 325 g/mol. The summed E-state index contributed by atoms with van der Waals surface area (Å²) in [6, 6.07) is 14.2. The molecule has 2 aromatic carbocycles. The summed E-state index contributed by atoms with van der Waals surface area (Å²) < 4.78 is 10.6. The second kappa shape index (κ2) is 6.66. The molecule has 1 aliphatic heterocycles. The van der Waals surface area contributed by atoms with Crippen LogP contribution in [0.25, 0.3) is 0 Å². The molecule has 5 heteroatoms. The number of hydrogen-bond donors (Lipinski definition) is 2. The lowest BCUT2D eigenvalue weighted by molar-refractivity contribution is -0.140. The number of hydrogen-bond acceptors (Lipinski definition) is 5. The molecule has 1 aliphatic rings. The molecule has 0 saturated heterocycles. The molecule has 0 saturated carbocycles. The van der Waals surface area contributed by atoms with Crippen molar-refractivity contribution in [2.24, 2.45) is 0 Å². The van der Waals surface area contributed by atoms with Gasteiger partial charge in [-0.05, 0) is 42.8 Å². The van der Waals surface area contributed by atoms with Crippen LogP contribution in [0.5, 0.6) is 11.5 Å². The maximum absolute atomic E-state index is 11.8. The highest BCUT2D eigenvalue weighted by Crippen LogP contribution is 2.33. The van der Waals surface area contributed by atoms with Crippen molar-refractivity contribution in [2.45, 2.75) is 19.1 Å². The number of carbonyl (C=O) groups is 1. The highest BCUT2D eigenvalue weighted by Gasteiger charge is 2.31. The van der Waals surface area contributed by atoms with E-state index in [1.165, 1.54) is 0 Å². The van der Waals surface area contributed by atoms with Gasteiger partial charge in [0.2, 0.25) is 0 Å². The second-order valence-corrected chi connectivity index (χ2v) is 5.63. The van der Waals surface area contributed by atoms with Crippen LogP contribution in [0.4, 0.5) is 5.69 Å². The Morgan fingerprint density at radius 3 is 2.46 bits per heavy atom. The van der Waals surface area contributed by atoms with Crippen molar-refractivity contribution in [1.82, 2.24) is 0 Å². The number of phenolic OH excluding ortho intramolecular Hbond substituents is 1. The molecule has 0 unspecified atom stereocenters. The number of phenols is 1. The fraction of sp³-hybridized carbons (Fsp3) is 0.211. The minimum Gasteiger partial charge on any atom is -0.506 e. The van der Waals surface area contributed by atoms with Gasteiger partial charge in [-0.25, -0.2) is 4.79 Å². The molecule has 2 atom stereocenters. The molecule has 24 heavy (non-hydrogen) atoms. The number of aromatic hydroxyl groups is 1. The molecule has 0 radical (unpaired) electrons. The fourth-order valence-corrected chi connectivity index (χ4v) is 2.66. The SMILES string of the molecule is COc1ccc([C@H](Nc2ccccc2O)[C@H]2C=C(C)C(=O)O2)cc1. The summed E-state index contributed by atoms with van der Waals surface area (Å²) in [5.41, 5.74) is 2.08. The van der Waals surface area contributed by atoms with E-state index in [-0.39, 0.29) is 17.8 Å². The normalized spacial score (nSPS) is 17.8. The highest BCUT2D eigenvalue weighted by molar-refractivity contribution is 5.90. The van der Waals surface area contributed by atoms with Gasteiger partial charge in [0.15, 0.2) is 0 Å². The van der Waals surface area contributed by atoms with Gasteiger partial charge >= 0.3 is 5.97 Å². The molecule has 0 bridgehead atoms. The fourth-order valence-electron chi connectivity index (χ4n) is 2.66. The lowest BCUT2D eigenvalue weighted by Crippen LogP contribution is -2.25. The van der Waals surface area contributed by atoms with Gasteiger partial charge in [-0.3, -0.25) is 0 Å². The number of carbonyl (C=O) groups excluding carboxylic acids is 1. The van der Waals surface area contributed by atoms with E-state index in [0.29, 0.717) is 11.3 Å².